The zero-order chi connectivity index (χ0) is 16.8. The minimum absolute atomic E-state index is 0.236. The van der Waals surface area contributed by atoms with Gasteiger partial charge < -0.3 is 10.6 Å². The first-order valence-corrected chi connectivity index (χ1v) is 7.76. The van der Waals surface area contributed by atoms with E-state index in [2.05, 4.69) is 10.6 Å². The molecule has 0 unspecified atom stereocenters. The molecule has 0 heterocycles. The molecule has 3 aromatic rings. The summed E-state index contributed by atoms with van der Waals surface area (Å²) in [5, 5.41) is 6.54. The van der Waals surface area contributed by atoms with Crippen LogP contribution in [-0.4, -0.2) is 0 Å². The zero-order valence-corrected chi connectivity index (χ0v) is 13.1. The summed E-state index contributed by atoms with van der Waals surface area (Å²) in [6.07, 6.45) is 0. The minimum atomic E-state index is -0.236. The van der Waals surface area contributed by atoms with E-state index >= 15 is 0 Å². The third kappa shape index (κ3) is 4.56. The Morgan fingerprint density at radius 3 is 1.50 bits per heavy atom. The van der Waals surface area contributed by atoms with Crippen LogP contribution in [0.25, 0.3) is 0 Å². The normalized spacial score (nSPS) is 10.4. The van der Waals surface area contributed by atoms with Gasteiger partial charge in [0.15, 0.2) is 0 Å². The molecule has 2 nitrogen and oxygen atoms in total. The van der Waals surface area contributed by atoms with Crippen molar-refractivity contribution in [3.05, 3.63) is 95.6 Å². The summed E-state index contributed by atoms with van der Waals surface area (Å²) in [4.78, 5) is 0. The number of hydrogen-bond acceptors (Lipinski definition) is 2. The molecule has 0 bridgehead atoms. The van der Waals surface area contributed by atoms with Crippen LogP contribution in [0, 0.1) is 11.6 Å². The molecule has 24 heavy (non-hydrogen) atoms. The van der Waals surface area contributed by atoms with Crippen molar-refractivity contribution in [2.75, 3.05) is 10.6 Å². The van der Waals surface area contributed by atoms with Gasteiger partial charge in [-0.25, -0.2) is 8.78 Å². The van der Waals surface area contributed by atoms with Gasteiger partial charge in [0.2, 0.25) is 0 Å². The molecule has 2 N–H and O–H groups in total. The van der Waals surface area contributed by atoms with Crippen LogP contribution in [0.4, 0.5) is 20.2 Å². The predicted molar refractivity (Wildman–Crippen MR) is 93.9 cm³/mol. The van der Waals surface area contributed by atoms with E-state index in [1.807, 2.05) is 36.4 Å². The highest BCUT2D eigenvalue weighted by Gasteiger charge is 1.99. The highest BCUT2D eigenvalue weighted by Crippen LogP contribution is 2.17. The molecule has 0 fully saturated rings. The summed E-state index contributed by atoms with van der Waals surface area (Å²) < 4.78 is 26.4. The SMILES string of the molecule is Fc1cccc(CNc2cccc(NCc3cccc(F)c3)c2)c1. The molecular weight excluding hydrogens is 306 g/mol. The van der Waals surface area contributed by atoms with Crippen molar-refractivity contribution >= 4 is 11.4 Å². The van der Waals surface area contributed by atoms with E-state index in [9.17, 15) is 8.78 Å². The predicted octanol–water partition coefficient (Wildman–Crippen LogP) is 5.19. The Hall–Kier alpha value is -2.88. The quantitative estimate of drug-likeness (QED) is 0.652. The fourth-order valence-corrected chi connectivity index (χ4v) is 2.44. The van der Waals surface area contributed by atoms with Crippen LogP contribution in [0.3, 0.4) is 0 Å². The van der Waals surface area contributed by atoms with Crippen molar-refractivity contribution in [3.8, 4) is 0 Å². The van der Waals surface area contributed by atoms with Crippen LogP contribution in [-0.2, 0) is 13.1 Å². The molecule has 0 amide bonds. The van der Waals surface area contributed by atoms with Crippen LogP contribution in [0.1, 0.15) is 11.1 Å². The Morgan fingerprint density at radius 1 is 0.583 bits per heavy atom. The molecule has 3 rings (SSSR count). The summed E-state index contributed by atoms with van der Waals surface area (Å²) in [6.45, 7) is 1.09. The Kier molecular flexibility index (Phi) is 5.06. The molecule has 0 spiro atoms. The molecule has 0 saturated carbocycles. The van der Waals surface area contributed by atoms with Gasteiger partial charge in [0.1, 0.15) is 11.6 Å². The van der Waals surface area contributed by atoms with E-state index < -0.39 is 0 Å². The maximum absolute atomic E-state index is 13.2. The number of nitrogens with one attached hydrogen (secondary N) is 2. The van der Waals surface area contributed by atoms with E-state index in [4.69, 9.17) is 0 Å². The van der Waals surface area contributed by atoms with Crippen molar-refractivity contribution in [1.82, 2.24) is 0 Å². The number of benzene rings is 3. The third-order valence-electron chi connectivity index (χ3n) is 3.63. The number of rotatable bonds is 6. The molecule has 0 aliphatic rings. The van der Waals surface area contributed by atoms with Gasteiger partial charge in [-0.2, -0.15) is 0 Å². The molecule has 0 atom stereocenters. The van der Waals surface area contributed by atoms with E-state index in [1.165, 1.54) is 24.3 Å². The second-order valence-electron chi connectivity index (χ2n) is 5.55. The second kappa shape index (κ2) is 7.59. The molecule has 122 valence electrons. The topological polar surface area (TPSA) is 24.1 Å². The Morgan fingerprint density at radius 2 is 1.04 bits per heavy atom. The molecule has 0 radical (unpaired) electrons. The Labute approximate surface area is 140 Å². The molecular formula is C20H18F2N2. The summed E-state index contributed by atoms with van der Waals surface area (Å²) >= 11 is 0. The standard InChI is InChI=1S/C20H18F2N2/c21-17-6-1-4-15(10-17)13-23-19-8-3-9-20(12-19)24-14-16-5-2-7-18(22)11-16/h1-12,23-24H,13-14H2. The van der Waals surface area contributed by atoms with Crippen molar-refractivity contribution < 1.29 is 8.78 Å². The number of hydrogen-bond donors (Lipinski definition) is 2. The van der Waals surface area contributed by atoms with Gasteiger partial charge >= 0.3 is 0 Å². The van der Waals surface area contributed by atoms with Gasteiger partial charge in [-0.15, -0.1) is 0 Å². The van der Waals surface area contributed by atoms with E-state index in [0.717, 1.165) is 22.5 Å². The molecule has 3 aromatic carbocycles. The van der Waals surface area contributed by atoms with Crippen LogP contribution in [0.2, 0.25) is 0 Å². The van der Waals surface area contributed by atoms with Crippen LogP contribution in [0.15, 0.2) is 72.8 Å². The molecule has 0 saturated heterocycles. The smallest absolute Gasteiger partial charge is 0.123 e. The van der Waals surface area contributed by atoms with Crippen LogP contribution < -0.4 is 10.6 Å². The first-order valence-electron chi connectivity index (χ1n) is 7.76. The van der Waals surface area contributed by atoms with E-state index in [1.54, 1.807) is 12.1 Å². The lowest BCUT2D eigenvalue weighted by Crippen LogP contribution is -2.02. The number of anilines is 2. The fourth-order valence-electron chi connectivity index (χ4n) is 2.44. The summed E-state index contributed by atoms with van der Waals surface area (Å²) in [7, 11) is 0. The summed E-state index contributed by atoms with van der Waals surface area (Å²) in [6, 6.07) is 20.8. The summed E-state index contributed by atoms with van der Waals surface area (Å²) in [5.74, 6) is -0.473. The monoisotopic (exact) mass is 324 g/mol. The van der Waals surface area contributed by atoms with Crippen LogP contribution in [0.5, 0.6) is 0 Å². The largest absolute Gasteiger partial charge is 0.381 e. The van der Waals surface area contributed by atoms with Crippen molar-refractivity contribution in [1.29, 1.82) is 0 Å². The number of halogens is 2. The van der Waals surface area contributed by atoms with Gasteiger partial charge in [0, 0.05) is 24.5 Å². The first-order chi connectivity index (χ1) is 11.7. The van der Waals surface area contributed by atoms with Crippen molar-refractivity contribution in [3.63, 3.8) is 0 Å². The average Bonchev–Trinajstić information content (AvgIpc) is 2.59. The zero-order valence-electron chi connectivity index (χ0n) is 13.1. The average molecular weight is 324 g/mol. The van der Waals surface area contributed by atoms with Crippen molar-refractivity contribution in [2.24, 2.45) is 0 Å². The fraction of sp³-hybridized carbons (Fsp3) is 0.100. The minimum Gasteiger partial charge on any atom is -0.381 e. The lowest BCUT2D eigenvalue weighted by molar-refractivity contribution is 0.625. The Balaban J connectivity index is 1.59. The molecule has 0 aliphatic heterocycles. The van der Waals surface area contributed by atoms with E-state index in [0.29, 0.717) is 13.1 Å². The third-order valence-corrected chi connectivity index (χ3v) is 3.63. The highest BCUT2D eigenvalue weighted by molar-refractivity contribution is 5.57. The van der Waals surface area contributed by atoms with E-state index in [-0.39, 0.29) is 11.6 Å². The highest BCUT2D eigenvalue weighted by atomic mass is 19.1. The summed E-state index contributed by atoms with van der Waals surface area (Å²) in [5.41, 5.74) is 3.63. The maximum Gasteiger partial charge on any atom is 0.123 e. The van der Waals surface area contributed by atoms with Crippen molar-refractivity contribution in [2.45, 2.75) is 13.1 Å². The van der Waals surface area contributed by atoms with Gasteiger partial charge in [0.25, 0.3) is 0 Å². The van der Waals surface area contributed by atoms with Crippen LogP contribution >= 0.6 is 0 Å². The van der Waals surface area contributed by atoms with Gasteiger partial charge in [0.05, 0.1) is 0 Å². The second-order valence-corrected chi connectivity index (χ2v) is 5.55. The van der Waals surface area contributed by atoms with Gasteiger partial charge in [-0.05, 0) is 53.6 Å². The Bertz CT molecular complexity index is 753. The molecule has 0 aromatic heterocycles. The first kappa shape index (κ1) is 16.0. The lowest BCUT2D eigenvalue weighted by Gasteiger charge is -2.11. The molecule has 0 aliphatic carbocycles. The maximum atomic E-state index is 13.2. The lowest BCUT2D eigenvalue weighted by atomic mass is 10.2. The van der Waals surface area contributed by atoms with Gasteiger partial charge in [-0.1, -0.05) is 30.3 Å². The molecule has 4 heteroatoms. The van der Waals surface area contributed by atoms with Gasteiger partial charge in [-0.3, -0.25) is 0 Å².